The van der Waals surface area contributed by atoms with Crippen LogP contribution in [0, 0.1) is 5.82 Å². The number of nitrogens with zero attached hydrogens (tertiary/aromatic N) is 1. The highest BCUT2D eigenvalue weighted by molar-refractivity contribution is 6.31. The lowest BCUT2D eigenvalue weighted by Crippen LogP contribution is -2.44. The van der Waals surface area contributed by atoms with Crippen molar-refractivity contribution in [3.05, 3.63) is 29.0 Å². The zero-order chi connectivity index (χ0) is 14.6. The number of hydrogen-bond acceptors (Lipinski definition) is 2. The maximum Gasteiger partial charge on any atom is 0.326 e. The summed E-state index contributed by atoms with van der Waals surface area (Å²) in [6.45, 7) is 1.66. The molecule has 0 spiro atoms. The van der Waals surface area contributed by atoms with Crippen molar-refractivity contribution in [3.63, 3.8) is 0 Å². The first-order valence-corrected chi connectivity index (χ1v) is 5.96. The number of carboxylic acid groups (broad SMARTS) is 1. The quantitative estimate of drug-likeness (QED) is 0.895. The van der Waals surface area contributed by atoms with Crippen molar-refractivity contribution < 1.29 is 19.1 Å². The van der Waals surface area contributed by atoms with E-state index in [1.807, 2.05) is 0 Å². The summed E-state index contributed by atoms with van der Waals surface area (Å²) in [5.74, 6) is -1.68. The predicted molar refractivity (Wildman–Crippen MR) is 69.9 cm³/mol. The second-order valence-electron chi connectivity index (χ2n) is 3.93. The molecule has 1 unspecified atom stereocenters. The fraction of sp³-hybridized carbons (Fsp3) is 0.333. The minimum atomic E-state index is -1.09. The van der Waals surface area contributed by atoms with E-state index in [9.17, 15) is 14.0 Å². The number of benzene rings is 1. The van der Waals surface area contributed by atoms with E-state index in [2.05, 4.69) is 5.32 Å². The molecule has 0 aliphatic rings. The van der Waals surface area contributed by atoms with Crippen molar-refractivity contribution in [1.82, 2.24) is 4.90 Å². The number of halogens is 2. The topological polar surface area (TPSA) is 69.6 Å². The summed E-state index contributed by atoms with van der Waals surface area (Å²) in [6, 6.07) is 2.19. The first-order valence-electron chi connectivity index (χ1n) is 5.58. The molecule has 0 saturated heterocycles. The van der Waals surface area contributed by atoms with Crippen LogP contribution in [0.3, 0.4) is 0 Å². The number of carboxylic acids is 1. The SMILES string of the molecule is CCC(C(=O)O)N(C)C(=O)Nc1ccc(F)c(Cl)c1. The highest BCUT2D eigenvalue weighted by atomic mass is 35.5. The molecule has 1 rings (SSSR count). The van der Waals surface area contributed by atoms with Gasteiger partial charge in [0, 0.05) is 12.7 Å². The number of aliphatic carboxylic acids is 1. The van der Waals surface area contributed by atoms with Crippen molar-refractivity contribution in [2.75, 3.05) is 12.4 Å². The lowest BCUT2D eigenvalue weighted by molar-refractivity contribution is -0.141. The number of anilines is 1. The summed E-state index contributed by atoms with van der Waals surface area (Å²) in [5.41, 5.74) is 0.295. The van der Waals surface area contributed by atoms with Crippen molar-refractivity contribution in [2.24, 2.45) is 0 Å². The minimum absolute atomic E-state index is 0.120. The van der Waals surface area contributed by atoms with Gasteiger partial charge in [0.15, 0.2) is 0 Å². The Labute approximate surface area is 115 Å². The van der Waals surface area contributed by atoms with Crippen LogP contribution in [0.1, 0.15) is 13.3 Å². The number of hydrogen-bond donors (Lipinski definition) is 2. The third kappa shape index (κ3) is 3.82. The average molecular weight is 289 g/mol. The third-order valence-electron chi connectivity index (χ3n) is 2.63. The van der Waals surface area contributed by atoms with Gasteiger partial charge in [-0.05, 0) is 24.6 Å². The van der Waals surface area contributed by atoms with Crippen molar-refractivity contribution in [3.8, 4) is 0 Å². The monoisotopic (exact) mass is 288 g/mol. The van der Waals surface area contributed by atoms with Gasteiger partial charge in [-0.15, -0.1) is 0 Å². The Morgan fingerprint density at radius 3 is 2.63 bits per heavy atom. The van der Waals surface area contributed by atoms with Gasteiger partial charge in [0.05, 0.1) is 5.02 Å². The van der Waals surface area contributed by atoms with Gasteiger partial charge < -0.3 is 15.3 Å². The lowest BCUT2D eigenvalue weighted by Gasteiger charge is -2.24. The number of amides is 2. The molecule has 2 amide bonds. The standard InChI is InChI=1S/C12H14ClFN2O3/c1-3-10(11(17)18)16(2)12(19)15-7-4-5-9(14)8(13)6-7/h4-6,10H,3H2,1-2H3,(H,15,19)(H,17,18). The molecular weight excluding hydrogens is 275 g/mol. The number of nitrogens with one attached hydrogen (secondary N) is 1. The average Bonchev–Trinajstić information content (AvgIpc) is 2.34. The van der Waals surface area contributed by atoms with E-state index in [0.717, 1.165) is 11.0 Å². The van der Waals surface area contributed by atoms with Crippen molar-refractivity contribution in [1.29, 1.82) is 0 Å². The molecule has 7 heteroatoms. The fourth-order valence-electron chi connectivity index (χ4n) is 1.54. The summed E-state index contributed by atoms with van der Waals surface area (Å²) in [5, 5.41) is 11.3. The van der Waals surface area contributed by atoms with Crippen LogP contribution in [0.2, 0.25) is 5.02 Å². The van der Waals surface area contributed by atoms with E-state index in [4.69, 9.17) is 16.7 Å². The van der Waals surface area contributed by atoms with Crippen LogP contribution in [-0.4, -0.2) is 35.1 Å². The van der Waals surface area contributed by atoms with Crippen LogP contribution in [0.4, 0.5) is 14.9 Å². The van der Waals surface area contributed by atoms with Crippen LogP contribution in [-0.2, 0) is 4.79 Å². The third-order valence-corrected chi connectivity index (χ3v) is 2.92. The second-order valence-corrected chi connectivity index (χ2v) is 4.34. The van der Waals surface area contributed by atoms with E-state index >= 15 is 0 Å². The maximum atomic E-state index is 13.0. The first kappa shape index (κ1) is 15.2. The summed E-state index contributed by atoms with van der Waals surface area (Å²) in [7, 11) is 1.38. The normalized spacial score (nSPS) is 11.8. The van der Waals surface area contributed by atoms with Gasteiger partial charge in [-0.1, -0.05) is 18.5 Å². The Morgan fingerprint density at radius 1 is 1.53 bits per heavy atom. The zero-order valence-corrected chi connectivity index (χ0v) is 11.2. The summed E-state index contributed by atoms with van der Waals surface area (Å²) in [6.07, 6.45) is 0.281. The molecule has 0 fully saturated rings. The number of carbonyl (C=O) groups excluding carboxylic acids is 1. The molecule has 2 N–H and O–H groups in total. The molecule has 1 atom stereocenters. The molecule has 5 nitrogen and oxygen atoms in total. The van der Waals surface area contributed by atoms with Crippen LogP contribution in [0.15, 0.2) is 18.2 Å². The van der Waals surface area contributed by atoms with Crippen LogP contribution in [0.25, 0.3) is 0 Å². The largest absolute Gasteiger partial charge is 0.480 e. The van der Waals surface area contributed by atoms with Gasteiger partial charge in [0.2, 0.25) is 0 Å². The summed E-state index contributed by atoms with van der Waals surface area (Å²) in [4.78, 5) is 23.8. The molecule has 0 aliphatic heterocycles. The van der Waals surface area contributed by atoms with Crippen LogP contribution in [0.5, 0.6) is 0 Å². The fourth-order valence-corrected chi connectivity index (χ4v) is 1.72. The predicted octanol–water partition coefficient (Wildman–Crippen LogP) is 2.81. The molecule has 0 heterocycles. The zero-order valence-electron chi connectivity index (χ0n) is 10.5. The number of rotatable bonds is 4. The molecule has 0 radical (unpaired) electrons. The van der Waals surface area contributed by atoms with Crippen LogP contribution >= 0.6 is 11.6 Å². The summed E-state index contributed by atoms with van der Waals surface area (Å²) >= 11 is 5.58. The molecule has 0 saturated carbocycles. The van der Waals surface area contributed by atoms with Gasteiger partial charge in [-0.3, -0.25) is 0 Å². The molecule has 19 heavy (non-hydrogen) atoms. The van der Waals surface area contributed by atoms with E-state index in [0.29, 0.717) is 5.69 Å². The molecule has 1 aromatic rings. The minimum Gasteiger partial charge on any atom is -0.480 e. The van der Waals surface area contributed by atoms with Crippen molar-refractivity contribution in [2.45, 2.75) is 19.4 Å². The lowest BCUT2D eigenvalue weighted by atomic mass is 10.2. The van der Waals surface area contributed by atoms with E-state index in [-0.39, 0.29) is 11.4 Å². The molecule has 0 aliphatic carbocycles. The highest BCUT2D eigenvalue weighted by Crippen LogP contribution is 2.19. The Balaban J connectivity index is 2.78. The van der Waals surface area contributed by atoms with Gasteiger partial charge in [0.25, 0.3) is 0 Å². The van der Waals surface area contributed by atoms with Gasteiger partial charge in [-0.25, -0.2) is 14.0 Å². The molecule has 0 aromatic heterocycles. The van der Waals surface area contributed by atoms with Crippen molar-refractivity contribution >= 4 is 29.3 Å². The Hall–Kier alpha value is -1.82. The Morgan fingerprint density at radius 2 is 2.16 bits per heavy atom. The number of carbonyl (C=O) groups is 2. The second kappa shape index (κ2) is 6.38. The highest BCUT2D eigenvalue weighted by Gasteiger charge is 2.24. The molecular formula is C12H14ClFN2O3. The molecule has 104 valence electrons. The van der Waals surface area contributed by atoms with E-state index in [1.54, 1.807) is 6.92 Å². The summed E-state index contributed by atoms with van der Waals surface area (Å²) < 4.78 is 13.0. The maximum absolute atomic E-state index is 13.0. The van der Waals surface area contributed by atoms with E-state index in [1.165, 1.54) is 19.2 Å². The first-order chi connectivity index (χ1) is 8.86. The van der Waals surface area contributed by atoms with Gasteiger partial charge >= 0.3 is 12.0 Å². The Kier molecular flexibility index (Phi) is 5.11. The van der Waals surface area contributed by atoms with E-state index < -0.39 is 23.9 Å². The van der Waals surface area contributed by atoms with Gasteiger partial charge in [-0.2, -0.15) is 0 Å². The molecule has 1 aromatic carbocycles. The Bertz CT molecular complexity index is 496. The van der Waals surface area contributed by atoms with Gasteiger partial charge in [0.1, 0.15) is 11.9 Å². The van der Waals surface area contributed by atoms with Crippen LogP contribution < -0.4 is 5.32 Å². The smallest absolute Gasteiger partial charge is 0.326 e. The number of likely N-dealkylation sites (N-methyl/N-ethyl adjacent to an activating group) is 1. The number of urea groups is 1. The molecule has 0 bridgehead atoms.